The fraction of sp³-hybridized carbons (Fsp3) is 0.348. The van der Waals surface area contributed by atoms with Crippen molar-refractivity contribution in [1.82, 2.24) is 19.6 Å². The highest BCUT2D eigenvalue weighted by Gasteiger charge is 2.27. The fourth-order valence-corrected chi connectivity index (χ4v) is 6.93. The number of nitrogens with zero attached hydrogens (tertiary/aromatic N) is 3. The van der Waals surface area contributed by atoms with Gasteiger partial charge in [-0.2, -0.15) is 0 Å². The lowest BCUT2D eigenvalue weighted by atomic mass is 10.0. The number of sulfonamides is 1. The first-order valence-corrected chi connectivity index (χ1v) is 13.2. The van der Waals surface area contributed by atoms with Gasteiger partial charge in [-0.3, -0.25) is 9.97 Å². The van der Waals surface area contributed by atoms with Crippen LogP contribution >= 0.6 is 11.3 Å². The van der Waals surface area contributed by atoms with E-state index in [1.54, 1.807) is 18.5 Å². The lowest BCUT2D eigenvalue weighted by Gasteiger charge is -2.21. The Morgan fingerprint density at radius 2 is 2.03 bits per heavy atom. The average molecular weight is 484 g/mol. The summed E-state index contributed by atoms with van der Waals surface area (Å²) in [4.78, 5) is 25.0. The number of aryl methyl sites for hydroxylation is 2. The molecule has 0 bridgehead atoms. The molecule has 2 amide bonds. The van der Waals surface area contributed by atoms with Crippen molar-refractivity contribution in [2.45, 2.75) is 43.4 Å². The lowest BCUT2D eigenvalue weighted by molar-refractivity contribution is 0.256. The molecule has 0 aromatic carbocycles. The third-order valence-electron chi connectivity index (χ3n) is 6.08. The second-order valence-electron chi connectivity index (χ2n) is 8.57. The summed E-state index contributed by atoms with van der Waals surface area (Å²) in [6, 6.07) is 4.69. The van der Waals surface area contributed by atoms with E-state index in [1.807, 2.05) is 26.1 Å². The standard InChI is InChI=1S/C23H25N5O3S2/c1-14-10-15(6-8-24-14)18-12-25-19-5-3-4-17(19)22(18)26-23(29)27-33(30,31)21-11-16-13-28(2)9-7-20(16)32-21/h6,8,10-12H,3-5,7,9,13H2,1-2H3,(H2,25,26,27,29). The third-order valence-corrected chi connectivity index (χ3v) is 9.12. The van der Waals surface area contributed by atoms with Crippen LogP contribution < -0.4 is 10.0 Å². The number of carbonyl (C=O) groups is 1. The summed E-state index contributed by atoms with van der Waals surface area (Å²) < 4.78 is 28.3. The smallest absolute Gasteiger partial charge is 0.306 e. The van der Waals surface area contributed by atoms with Gasteiger partial charge in [0.05, 0.1) is 5.69 Å². The molecular weight excluding hydrogens is 458 g/mol. The molecular formula is C23H25N5O3S2. The van der Waals surface area contributed by atoms with Gasteiger partial charge in [0.25, 0.3) is 10.0 Å². The number of fused-ring (bicyclic) bond motifs is 2. The van der Waals surface area contributed by atoms with Gasteiger partial charge in [-0.05, 0) is 74.5 Å². The van der Waals surface area contributed by atoms with Crippen LogP contribution in [0.4, 0.5) is 10.5 Å². The Morgan fingerprint density at radius 3 is 2.85 bits per heavy atom. The quantitative estimate of drug-likeness (QED) is 0.589. The number of urea groups is 1. The molecule has 2 N–H and O–H groups in total. The van der Waals surface area contributed by atoms with Gasteiger partial charge in [-0.25, -0.2) is 17.9 Å². The zero-order chi connectivity index (χ0) is 23.2. The number of anilines is 1. The number of aromatic nitrogens is 2. The molecule has 4 heterocycles. The number of amides is 2. The monoisotopic (exact) mass is 483 g/mol. The SMILES string of the molecule is Cc1cc(-c2cnc3c(c2NC(=O)NS(=O)(=O)c2cc4c(s2)CCN(C)C4)CCC3)ccn1. The molecule has 0 radical (unpaired) electrons. The first-order valence-electron chi connectivity index (χ1n) is 10.9. The zero-order valence-electron chi connectivity index (χ0n) is 18.5. The Bertz CT molecular complexity index is 1350. The van der Waals surface area contributed by atoms with Crippen molar-refractivity contribution in [1.29, 1.82) is 0 Å². The number of carbonyl (C=O) groups excluding carboxylic acids is 1. The van der Waals surface area contributed by atoms with E-state index in [9.17, 15) is 13.2 Å². The summed E-state index contributed by atoms with van der Waals surface area (Å²) in [6.07, 6.45) is 6.85. The van der Waals surface area contributed by atoms with E-state index in [1.165, 1.54) is 11.3 Å². The van der Waals surface area contributed by atoms with Crippen LogP contribution in [0.3, 0.4) is 0 Å². The van der Waals surface area contributed by atoms with Gasteiger partial charge in [0.1, 0.15) is 4.21 Å². The molecule has 0 atom stereocenters. The van der Waals surface area contributed by atoms with E-state index in [0.29, 0.717) is 12.2 Å². The van der Waals surface area contributed by atoms with E-state index in [4.69, 9.17) is 0 Å². The Kier molecular flexibility index (Phi) is 5.67. The first kappa shape index (κ1) is 22.0. The highest BCUT2D eigenvalue weighted by Crippen LogP contribution is 2.36. The second-order valence-corrected chi connectivity index (χ2v) is 11.6. The van der Waals surface area contributed by atoms with Crippen molar-refractivity contribution in [2.75, 3.05) is 18.9 Å². The van der Waals surface area contributed by atoms with Gasteiger partial charge < -0.3 is 10.2 Å². The molecule has 8 nitrogen and oxygen atoms in total. The predicted octanol–water partition coefficient (Wildman–Crippen LogP) is 3.50. The Labute approximate surface area is 197 Å². The molecule has 10 heteroatoms. The van der Waals surface area contributed by atoms with Gasteiger partial charge >= 0.3 is 6.03 Å². The number of hydrogen-bond acceptors (Lipinski definition) is 7. The molecule has 0 saturated heterocycles. The predicted molar refractivity (Wildman–Crippen MR) is 128 cm³/mol. The molecule has 1 aliphatic heterocycles. The Morgan fingerprint density at radius 1 is 1.18 bits per heavy atom. The number of hydrogen-bond donors (Lipinski definition) is 2. The maximum atomic E-state index is 13.0. The largest absolute Gasteiger partial charge is 0.333 e. The van der Waals surface area contributed by atoms with Crippen LogP contribution in [0.1, 0.15) is 33.8 Å². The lowest BCUT2D eigenvalue weighted by Crippen LogP contribution is -2.34. The van der Waals surface area contributed by atoms with E-state index in [-0.39, 0.29) is 4.21 Å². The summed E-state index contributed by atoms with van der Waals surface area (Å²) in [7, 11) is -1.97. The average Bonchev–Trinajstić information content (AvgIpc) is 3.40. The van der Waals surface area contributed by atoms with Crippen molar-refractivity contribution in [2.24, 2.45) is 0 Å². The minimum Gasteiger partial charge on any atom is -0.306 e. The molecule has 0 spiro atoms. The molecule has 0 saturated carbocycles. The summed E-state index contributed by atoms with van der Waals surface area (Å²) in [5.74, 6) is 0. The topological polar surface area (TPSA) is 104 Å². The van der Waals surface area contributed by atoms with Gasteiger partial charge in [-0.1, -0.05) is 0 Å². The molecule has 2 aliphatic rings. The zero-order valence-corrected chi connectivity index (χ0v) is 20.1. The summed E-state index contributed by atoms with van der Waals surface area (Å²) in [5, 5.41) is 2.83. The molecule has 172 valence electrons. The van der Waals surface area contributed by atoms with Gasteiger partial charge in [0.2, 0.25) is 0 Å². The van der Waals surface area contributed by atoms with E-state index < -0.39 is 16.1 Å². The van der Waals surface area contributed by atoms with Crippen LogP contribution in [-0.2, 0) is 35.8 Å². The minimum absolute atomic E-state index is 0.169. The highest BCUT2D eigenvalue weighted by molar-refractivity contribution is 7.92. The number of pyridine rings is 2. The van der Waals surface area contributed by atoms with Crippen molar-refractivity contribution in [3.05, 3.63) is 58.0 Å². The molecule has 1 aliphatic carbocycles. The Balaban J connectivity index is 1.43. The van der Waals surface area contributed by atoms with Crippen LogP contribution in [0.15, 0.2) is 34.8 Å². The molecule has 0 unspecified atom stereocenters. The van der Waals surface area contributed by atoms with Gasteiger partial charge in [0, 0.05) is 47.3 Å². The Hall–Kier alpha value is -2.82. The second kappa shape index (κ2) is 8.51. The van der Waals surface area contributed by atoms with Crippen LogP contribution in [0.25, 0.3) is 11.1 Å². The third kappa shape index (κ3) is 4.38. The van der Waals surface area contributed by atoms with Crippen molar-refractivity contribution in [3.8, 4) is 11.1 Å². The minimum atomic E-state index is -3.98. The summed E-state index contributed by atoms with van der Waals surface area (Å²) >= 11 is 1.24. The maximum absolute atomic E-state index is 13.0. The summed E-state index contributed by atoms with van der Waals surface area (Å²) in [6.45, 7) is 3.51. The van der Waals surface area contributed by atoms with Crippen LogP contribution in [0.2, 0.25) is 0 Å². The van der Waals surface area contributed by atoms with E-state index in [2.05, 4.69) is 24.9 Å². The van der Waals surface area contributed by atoms with Crippen LogP contribution in [-0.4, -0.2) is 42.9 Å². The first-order chi connectivity index (χ1) is 15.8. The summed E-state index contributed by atoms with van der Waals surface area (Å²) in [5.41, 5.74) is 6.00. The number of rotatable bonds is 4. The molecule has 3 aromatic rings. The number of likely N-dealkylation sites (N-methyl/N-ethyl adjacent to an activating group) is 1. The van der Waals surface area contributed by atoms with Crippen molar-refractivity contribution < 1.29 is 13.2 Å². The van der Waals surface area contributed by atoms with E-state index >= 15 is 0 Å². The maximum Gasteiger partial charge on any atom is 0.333 e. The van der Waals surface area contributed by atoms with Crippen LogP contribution in [0.5, 0.6) is 0 Å². The molecule has 3 aromatic heterocycles. The van der Waals surface area contributed by atoms with Gasteiger partial charge in [0.15, 0.2) is 0 Å². The normalized spacial score (nSPS) is 15.7. The fourth-order valence-electron chi connectivity index (χ4n) is 4.47. The highest BCUT2D eigenvalue weighted by atomic mass is 32.2. The van der Waals surface area contributed by atoms with Gasteiger partial charge in [-0.15, -0.1) is 11.3 Å². The molecule has 0 fully saturated rings. The van der Waals surface area contributed by atoms with Crippen LogP contribution in [0, 0.1) is 6.92 Å². The van der Waals surface area contributed by atoms with Crippen molar-refractivity contribution >= 4 is 33.1 Å². The molecule has 33 heavy (non-hydrogen) atoms. The molecule has 5 rings (SSSR count). The number of nitrogens with one attached hydrogen (secondary N) is 2. The van der Waals surface area contributed by atoms with E-state index in [0.717, 1.165) is 70.7 Å². The van der Waals surface area contributed by atoms with Crippen molar-refractivity contribution in [3.63, 3.8) is 0 Å². The number of thiophene rings is 1.